The molecule has 0 aliphatic carbocycles. The second-order valence-electron chi connectivity index (χ2n) is 4.05. The lowest BCUT2D eigenvalue weighted by Crippen LogP contribution is -2.52. The third kappa shape index (κ3) is 5.22. The van der Waals surface area contributed by atoms with E-state index in [0.717, 1.165) is 19.6 Å². The first-order valence-electron chi connectivity index (χ1n) is 5.54. The van der Waals surface area contributed by atoms with Crippen molar-refractivity contribution >= 4 is 10.1 Å². The molecule has 0 saturated carbocycles. The van der Waals surface area contributed by atoms with Gasteiger partial charge in [-0.05, 0) is 12.8 Å². The molecule has 96 valence electrons. The van der Waals surface area contributed by atoms with Crippen molar-refractivity contribution in [2.75, 3.05) is 38.5 Å². The Balaban J connectivity index is 2.32. The Morgan fingerprint density at radius 2 is 2.19 bits per heavy atom. The highest BCUT2D eigenvalue weighted by molar-refractivity contribution is 7.85. The molecule has 0 bridgehead atoms. The third-order valence-electron chi connectivity index (χ3n) is 2.80. The Bertz CT molecular complexity index is 292. The van der Waals surface area contributed by atoms with E-state index in [2.05, 4.69) is 10.2 Å². The van der Waals surface area contributed by atoms with Crippen molar-refractivity contribution in [2.45, 2.75) is 18.9 Å². The van der Waals surface area contributed by atoms with Crippen molar-refractivity contribution < 1.29 is 18.1 Å². The van der Waals surface area contributed by atoms with Crippen molar-refractivity contribution in [1.82, 2.24) is 10.2 Å². The fraction of sp³-hybridized carbons (Fsp3) is 1.00. The Labute approximate surface area is 96.4 Å². The highest BCUT2D eigenvalue weighted by atomic mass is 32.2. The van der Waals surface area contributed by atoms with Gasteiger partial charge in [0.1, 0.15) is 0 Å². The number of β-amino-alcohol motifs (C(OH)–C–C–N with tert-alkyl or cyclic N) is 1. The van der Waals surface area contributed by atoms with E-state index in [1.54, 1.807) is 0 Å². The van der Waals surface area contributed by atoms with Crippen LogP contribution in [0.3, 0.4) is 0 Å². The molecule has 0 radical (unpaired) electrons. The average Bonchev–Trinajstić information content (AvgIpc) is 2.19. The van der Waals surface area contributed by atoms with Crippen LogP contribution in [-0.2, 0) is 10.1 Å². The number of piperazine rings is 1. The summed E-state index contributed by atoms with van der Waals surface area (Å²) >= 11 is 0. The fourth-order valence-corrected chi connectivity index (χ4v) is 2.54. The molecular weight excluding hydrogens is 232 g/mol. The van der Waals surface area contributed by atoms with Crippen molar-refractivity contribution in [3.63, 3.8) is 0 Å². The van der Waals surface area contributed by atoms with Crippen LogP contribution in [0.2, 0.25) is 0 Å². The second-order valence-corrected chi connectivity index (χ2v) is 5.62. The number of hydrogen-bond acceptors (Lipinski definition) is 5. The number of aliphatic hydroxyl groups excluding tert-OH is 1. The largest absolute Gasteiger partial charge is 0.395 e. The normalized spacial score (nSPS) is 23.5. The molecule has 6 nitrogen and oxygen atoms in total. The molecule has 1 rings (SSSR count). The maximum Gasteiger partial charge on any atom is 0.264 e. The van der Waals surface area contributed by atoms with Gasteiger partial charge in [-0.15, -0.1) is 0 Å². The molecule has 1 heterocycles. The molecule has 0 aromatic heterocycles. The quantitative estimate of drug-likeness (QED) is 0.521. The molecule has 0 aromatic rings. The van der Waals surface area contributed by atoms with Gasteiger partial charge in [0.05, 0.1) is 12.4 Å². The van der Waals surface area contributed by atoms with Crippen LogP contribution in [0, 0.1) is 0 Å². The summed E-state index contributed by atoms with van der Waals surface area (Å²) in [6.07, 6.45) is 1.17. The van der Waals surface area contributed by atoms with Crippen molar-refractivity contribution in [1.29, 1.82) is 0 Å². The average molecular weight is 252 g/mol. The zero-order valence-electron chi connectivity index (χ0n) is 9.30. The molecule has 1 unspecified atom stereocenters. The molecule has 0 spiro atoms. The van der Waals surface area contributed by atoms with E-state index in [4.69, 9.17) is 9.66 Å². The van der Waals surface area contributed by atoms with Crippen LogP contribution < -0.4 is 5.32 Å². The summed E-state index contributed by atoms with van der Waals surface area (Å²) in [5, 5.41) is 12.1. The monoisotopic (exact) mass is 252 g/mol. The zero-order chi connectivity index (χ0) is 12.0. The smallest absolute Gasteiger partial charge is 0.264 e. The van der Waals surface area contributed by atoms with Crippen molar-refractivity contribution in [3.05, 3.63) is 0 Å². The Kier molecular flexibility index (Phi) is 5.63. The predicted molar refractivity (Wildman–Crippen MR) is 61.0 cm³/mol. The van der Waals surface area contributed by atoms with Crippen LogP contribution in [-0.4, -0.2) is 67.6 Å². The first-order chi connectivity index (χ1) is 7.53. The van der Waals surface area contributed by atoms with Gasteiger partial charge in [0.2, 0.25) is 0 Å². The minimum absolute atomic E-state index is 0.120. The minimum Gasteiger partial charge on any atom is -0.395 e. The van der Waals surface area contributed by atoms with Gasteiger partial charge in [-0.25, -0.2) is 0 Å². The van der Waals surface area contributed by atoms with Gasteiger partial charge in [0.15, 0.2) is 0 Å². The van der Waals surface area contributed by atoms with Crippen LogP contribution in [0.25, 0.3) is 0 Å². The predicted octanol–water partition coefficient (Wildman–Crippen LogP) is -1.08. The maximum absolute atomic E-state index is 10.6. The first-order valence-corrected chi connectivity index (χ1v) is 7.14. The van der Waals surface area contributed by atoms with E-state index in [-0.39, 0.29) is 18.4 Å². The highest BCUT2D eigenvalue weighted by Crippen LogP contribution is 2.09. The van der Waals surface area contributed by atoms with Crippen molar-refractivity contribution in [3.8, 4) is 0 Å². The number of aliphatic hydroxyl groups is 1. The highest BCUT2D eigenvalue weighted by Gasteiger charge is 2.21. The number of nitrogens with one attached hydrogen (secondary N) is 1. The fourth-order valence-electron chi connectivity index (χ4n) is 2.01. The Hall–Kier alpha value is -0.210. The lowest BCUT2D eigenvalue weighted by atomic mass is 10.1. The molecule has 16 heavy (non-hydrogen) atoms. The van der Waals surface area contributed by atoms with Crippen LogP contribution in [0.4, 0.5) is 0 Å². The summed E-state index contributed by atoms with van der Waals surface area (Å²) in [6, 6.07) is 0.252. The number of nitrogens with zero attached hydrogens (tertiary/aromatic N) is 1. The summed E-state index contributed by atoms with van der Waals surface area (Å²) in [7, 11) is -3.84. The van der Waals surface area contributed by atoms with Gasteiger partial charge in [-0.1, -0.05) is 0 Å². The number of rotatable bonds is 6. The van der Waals surface area contributed by atoms with Gasteiger partial charge in [0.25, 0.3) is 10.1 Å². The van der Waals surface area contributed by atoms with Crippen molar-refractivity contribution in [2.24, 2.45) is 0 Å². The Morgan fingerprint density at radius 1 is 1.44 bits per heavy atom. The summed E-state index contributed by atoms with van der Waals surface area (Å²) in [4.78, 5) is 2.15. The lowest BCUT2D eigenvalue weighted by Gasteiger charge is -2.35. The van der Waals surface area contributed by atoms with Gasteiger partial charge in [-0.2, -0.15) is 8.42 Å². The van der Waals surface area contributed by atoms with E-state index in [1.807, 2.05) is 0 Å². The standard InChI is InChI=1S/C9H20N2O4S/c12-6-5-11-4-3-10-8-9(11)2-1-7-16(13,14)15/h9-10,12H,1-8H2,(H,13,14,15). The van der Waals surface area contributed by atoms with Gasteiger partial charge >= 0.3 is 0 Å². The maximum atomic E-state index is 10.6. The van der Waals surface area contributed by atoms with Crippen LogP contribution in [0.15, 0.2) is 0 Å². The van der Waals surface area contributed by atoms with Crippen LogP contribution in [0.5, 0.6) is 0 Å². The van der Waals surface area contributed by atoms with Gasteiger partial charge < -0.3 is 10.4 Å². The third-order valence-corrected chi connectivity index (χ3v) is 3.60. The number of hydrogen-bond donors (Lipinski definition) is 3. The van der Waals surface area contributed by atoms with Crippen LogP contribution in [0.1, 0.15) is 12.8 Å². The van der Waals surface area contributed by atoms with E-state index in [9.17, 15) is 8.42 Å². The first kappa shape index (κ1) is 13.9. The SMILES string of the molecule is O=S(=O)(O)CCCC1CNCCN1CCO. The second kappa shape index (κ2) is 6.51. The van der Waals surface area contributed by atoms with E-state index in [1.165, 1.54) is 0 Å². The van der Waals surface area contributed by atoms with Crippen LogP contribution >= 0.6 is 0 Å². The molecule has 7 heteroatoms. The minimum atomic E-state index is -3.84. The Morgan fingerprint density at radius 3 is 2.81 bits per heavy atom. The molecule has 0 amide bonds. The topological polar surface area (TPSA) is 89.9 Å². The molecule has 1 aliphatic rings. The molecule has 1 aliphatic heterocycles. The summed E-state index contributed by atoms with van der Waals surface area (Å²) in [5.41, 5.74) is 0. The molecule has 1 fully saturated rings. The molecule has 1 saturated heterocycles. The zero-order valence-corrected chi connectivity index (χ0v) is 10.1. The van der Waals surface area contributed by atoms with Gasteiger partial charge in [-0.3, -0.25) is 9.45 Å². The molecule has 3 N–H and O–H groups in total. The lowest BCUT2D eigenvalue weighted by molar-refractivity contribution is 0.121. The summed E-state index contributed by atoms with van der Waals surface area (Å²) in [6.45, 7) is 3.32. The molecule has 0 aromatic carbocycles. The van der Waals surface area contributed by atoms with E-state index >= 15 is 0 Å². The molecule has 1 atom stereocenters. The van der Waals surface area contributed by atoms with E-state index < -0.39 is 10.1 Å². The molecular formula is C9H20N2O4S. The van der Waals surface area contributed by atoms with Gasteiger partial charge in [0, 0.05) is 32.2 Å². The van der Waals surface area contributed by atoms with E-state index in [0.29, 0.717) is 19.4 Å². The summed E-state index contributed by atoms with van der Waals surface area (Å²) < 4.78 is 29.8. The summed E-state index contributed by atoms with van der Waals surface area (Å²) in [5.74, 6) is -0.184.